The lowest BCUT2D eigenvalue weighted by atomic mass is 9.84. The van der Waals surface area contributed by atoms with Crippen molar-refractivity contribution in [2.45, 2.75) is 32.1 Å². The van der Waals surface area contributed by atoms with Crippen molar-refractivity contribution in [3.63, 3.8) is 0 Å². The molecule has 2 aliphatic heterocycles. The number of aromatic nitrogens is 5. The van der Waals surface area contributed by atoms with E-state index in [1.807, 2.05) is 26.0 Å². The maximum absolute atomic E-state index is 12.2. The zero-order chi connectivity index (χ0) is 28.6. The number of fused-ring (bicyclic) bond motifs is 1. The van der Waals surface area contributed by atoms with Gasteiger partial charge in [-0.15, -0.1) is 5.10 Å². The number of benzene rings is 1. The first-order valence-corrected chi connectivity index (χ1v) is 14.2. The SMILES string of the molecule is COC(=O)C(C)(C)c1ccc(N2CCN(C[C@@H]3CCCN(c4nc(N)n5nc(-c6ccco6)nc5n4)C3)CC2)cc1. The standard InChI is InChI=1S/C29H37N9O3/c1-29(2,25(39)40-3)21-8-10-22(11-9-21)36-15-13-35(14-16-36)18-20-6-4-12-37(19-20)27-32-26(30)38-28(33-27)31-24(34-38)23-7-5-17-41-23/h5,7-11,17,20H,4,6,12-16,18-19H2,1-3H3,(H2,30,31,32,33,34)/t20-/m0/s1. The summed E-state index contributed by atoms with van der Waals surface area (Å²) >= 11 is 0. The van der Waals surface area contributed by atoms with E-state index in [-0.39, 0.29) is 11.9 Å². The van der Waals surface area contributed by atoms with E-state index in [4.69, 9.17) is 14.9 Å². The van der Waals surface area contributed by atoms with Gasteiger partial charge in [-0.1, -0.05) is 12.1 Å². The molecule has 6 rings (SSSR count). The summed E-state index contributed by atoms with van der Waals surface area (Å²) in [5.74, 6) is 2.57. The van der Waals surface area contributed by atoms with Gasteiger partial charge in [0.2, 0.25) is 17.7 Å². The first kappa shape index (κ1) is 27.0. The van der Waals surface area contributed by atoms with Crippen LogP contribution in [0.1, 0.15) is 32.3 Å². The van der Waals surface area contributed by atoms with Crippen LogP contribution < -0.4 is 15.5 Å². The molecule has 0 spiro atoms. The van der Waals surface area contributed by atoms with Crippen LogP contribution in [0.5, 0.6) is 0 Å². The molecule has 12 heteroatoms. The second-order valence-electron chi connectivity index (χ2n) is 11.4. The molecule has 0 amide bonds. The minimum Gasteiger partial charge on any atom is -0.468 e. The molecule has 1 atom stereocenters. The minimum atomic E-state index is -0.666. The smallest absolute Gasteiger partial charge is 0.315 e. The van der Waals surface area contributed by atoms with E-state index >= 15 is 0 Å². The fourth-order valence-corrected chi connectivity index (χ4v) is 5.86. The van der Waals surface area contributed by atoms with Crippen LogP contribution in [0.15, 0.2) is 47.1 Å². The lowest BCUT2D eigenvalue weighted by Crippen LogP contribution is -2.49. The number of furan rings is 1. The van der Waals surface area contributed by atoms with Crippen molar-refractivity contribution in [2.24, 2.45) is 5.92 Å². The number of carbonyl (C=O) groups is 1. The molecule has 0 radical (unpaired) electrons. The number of piperidine rings is 1. The van der Waals surface area contributed by atoms with E-state index in [1.165, 1.54) is 23.7 Å². The van der Waals surface area contributed by atoms with Crippen LogP contribution in [-0.4, -0.2) is 88.4 Å². The second kappa shape index (κ2) is 11.0. The van der Waals surface area contributed by atoms with Crippen LogP contribution in [-0.2, 0) is 14.9 Å². The third-order valence-electron chi connectivity index (χ3n) is 8.30. The van der Waals surface area contributed by atoms with Gasteiger partial charge in [-0.3, -0.25) is 9.69 Å². The van der Waals surface area contributed by atoms with Crippen molar-refractivity contribution in [2.75, 3.05) is 68.5 Å². The Balaban J connectivity index is 1.05. The number of esters is 1. The van der Waals surface area contributed by atoms with Gasteiger partial charge in [0.15, 0.2) is 5.76 Å². The van der Waals surface area contributed by atoms with Gasteiger partial charge in [-0.05, 0) is 62.4 Å². The number of carbonyl (C=O) groups excluding carboxylic acids is 1. The van der Waals surface area contributed by atoms with Gasteiger partial charge in [-0.2, -0.15) is 19.5 Å². The highest BCUT2D eigenvalue weighted by atomic mass is 16.5. The monoisotopic (exact) mass is 559 g/mol. The zero-order valence-electron chi connectivity index (χ0n) is 23.9. The summed E-state index contributed by atoms with van der Waals surface area (Å²) in [6.07, 6.45) is 3.85. The van der Waals surface area contributed by atoms with Crippen molar-refractivity contribution < 1.29 is 13.9 Å². The molecule has 2 N–H and O–H groups in total. The Kier molecular flexibility index (Phi) is 7.24. The number of piperazine rings is 1. The van der Waals surface area contributed by atoms with E-state index < -0.39 is 5.41 Å². The Bertz CT molecular complexity index is 1490. The summed E-state index contributed by atoms with van der Waals surface area (Å²) in [7, 11) is 1.43. The number of ether oxygens (including phenoxy) is 1. The number of rotatable bonds is 7. The van der Waals surface area contributed by atoms with E-state index in [0.29, 0.717) is 29.2 Å². The van der Waals surface area contributed by atoms with Crippen molar-refractivity contribution in [3.05, 3.63) is 48.2 Å². The van der Waals surface area contributed by atoms with Gasteiger partial charge in [0.1, 0.15) is 0 Å². The molecule has 41 heavy (non-hydrogen) atoms. The maximum atomic E-state index is 12.2. The molecule has 4 aromatic rings. The normalized spacial score (nSPS) is 18.7. The highest BCUT2D eigenvalue weighted by Gasteiger charge is 2.31. The Labute approximate surface area is 239 Å². The maximum Gasteiger partial charge on any atom is 0.315 e. The first-order valence-electron chi connectivity index (χ1n) is 14.2. The third-order valence-corrected chi connectivity index (χ3v) is 8.30. The second-order valence-corrected chi connectivity index (χ2v) is 11.4. The average molecular weight is 560 g/mol. The van der Waals surface area contributed by atoms with Crippen LogP contribution in [0.25, 0.3) is 17.4 Å². The number of anilines is 3. The zero-order valence-corrected chi connectivity index (χ0v) is 23.9. The van der Waals surface area contributed by atoms with Crippen LogP contribution in [0.2, 0.25) is 0 Å². The van der Waals surface area contributed by atoms with Crippen molar-refractivity contribution in [1.82, 2.24) is 29.5 Å². The fraction of sp³-hybridized carbons (Fsp3) is 0.483. The van der Waals surface area contributed by atoms with Gasteiger partial charge in [0, 0.05) is 51.5 Å². The summed E-state index contributed by atoms with van der Waals surface area (Å²) in [6.45, 7) is 10.6. The van der Waals surface area contributed by atoms with E-state index in [1.54, 1.807) is 18.4 Å². The predicted molar refractivity (Wildman–Crippen MR) is 156 cm³/mol. The quantitative estimate of drug-likeness (QED) is 0.335. The van der Waals surface area contributed by atoms with Crippen molar-refractivity contribution >= 4 is 29.3 Å². The molecule has 2 fully saturated rings. The van der Waals surface area contributed by atoms with E-state index in [9.17, 15) is 4.79 Å². The number of hydrogen-bond acceptors (Lipinski definition) is 11. The van der Waals surface area contributed by atoms with Crippen LogP contribution in [0, 0.1) is 5.92 Å². The van der Waals surface area contributed by atoms with Gasteiger partial charge in [0.05, 0.1) is 18.8 Å². The summed E-state index contributed by atoms with van der Waals surface area (Å²) < 4.78 is 11.9. The molecule has 0 saturated carbocycles. The molecule has 2 saturated heterocycles. The number of nitrogens with two attached hydrogens (primary N) is 1. The molecular weight excluding hydrogens is 522 g/mol. The highest BCUT2D eigenvalue weighted by Crippen LogP contribution is 2.28. The van der Waals surface area contributed by atoms with Crippen molar-refractivity contribution in [1.29, 1.82) is 0 Å². The summed E-state index contributed by atoms with van der Waals surface area (Å²) in [5, 5.41) is 4.40. The number of hydrogen-bond donors (Lipinski definition) is 1. The third kappa shape index (κ3) is 5.43. The van der Waals surface area contributed by atoms with Gasteiger partial charge >= 0.3 is 5.97 Å². The lowest BCUT2D eigenvalue weighted by Gasteiger charge is -2.40. The van der Waals surface area contributed by atoms with E-state index in [2.05, 4.69) is 46.9 Å². The summed E-state index contributed by atoms with van der Waals surface area (Å²) in [6, 6.07) is 11.9. The molecule has 2 aliphatic rings. The van der Waals surface area contributed by atoms with Crippen LogP contribution in [0.4, 0.5) is 17.6 Å². The topological polar surface area (TPSA) is 131 Å². The minimum absolute atomic E-state index is 0.228. The molecule has 0 unspecified atom stereocenters. The Hall–Kier alpha value is -4.19. The van der Waals surface area contributed by atoms with Crippen molar-refractivity contribution in [3.8, 4) is 11.6 Å². The molecular formula is C29H37N9O3. The van der Waals surface area contributed by atoms with E-state index in [0.717, 1.165) is 57.8 Å². The number of nitrogen functional groups attached to an aromatic ring is 1. The molecule has 1 aromatic carbocycles. The Morgan fingerprint density at radius 2 is 1.83 bits per heavy atom. The first-order chi connectivity index (χ1) is 19.8. The molecule has 0 aliphatic carbocycles. The number of nitrogens with zero attached hydrogens (tertiary/aromatic N) is 8. The Morgan fingerprint density at radius 3 is 2.54 bits per heavy atom. The number of methoxy groups -OCH3 is 1. The van der Waals surface area contributed by atoms with Gasteiger partial charge < -0.3 is 24.7 Å². The average Bonchev–Trinajstić information content (AvgIpc) is 3.68. The van der Waals surface area contributed by atoms with Gasteiger partial charge in [0.25, 0.3) is 5.78 Å². The molecule has 3 aromatic heterocycles. The lowest BCUT2D eigenvalue weighted by molar-refractivity contribution is -0.146. The largest absolute Gasteiger partial charge is 0.468 e. The molecule has 216 valence electrons. The molecule has 12 nitrogen and oxygen atoms in total. The fourth-order valence-electron chi connectivity index (χ4n) is 5.86. The summed E-state index contributed by atoms with van der Waals surface area (Å²) in [4.78, 5) is 33.1. The predicted octanol–water partition coefficient (Wildman–Crippen LogP) is 2.85. The molecule has 5 heterocycles. The van der Waals surface area contributed by atoms with Crippen LogP contribution in [0.3, 0.4) is 0 Å². The summed E-state index contributed by atoms with van der Waals surface area (Å²) in [5.41, 5.74) is 7.72. The van der Waals surface area contributed by atoms with Crippen LogP contribution >= 0.6 is 0 Å². The Morgan fingerprint density at radius 1 is 1.05 bits per heavy atom. The molecule has 0 bridgehead atoms. The highest BCUT2D eigenvalue weighted by molar-refractivity contribution is 5.82. The van der Waals surface area contributed by atoms with Gasteiger partial charge in [-0.25, -0.2) is 0 Å².